The quantitative estimate of drug-likeness (QED) is 0.675. The SMILES string of the molecule is CCC(CC)(CN)C(=O)NC1(CO)CCCCC1. The molecular weight excluding hydrogens is 228 g/mol. The van der Waals surface area contributed by atoms with E-state index in [4.69, 9.17) is 5.73 Å². The summed E-state index contributed by atoms with van der Waals surface area (Å²) in [5, 5.41) is 12.7. The first-order valence-electron chi connectivity index (χ1n) is 7.21. The summed E-state index contributed by atoms with van der Waals surface area (Å²) in [6.07, 6.45) is 6.60. The summed E-state index contributed by atoms with van der Waals surface area (Å²) in [7, 11) is 0. The Morgan fingerprint density at radius 1 is 1.28 bits per heavy atom. The van der Waals surface area contributed by atoms with E-state index < -0.39 is 11.0 Å². The van der Waals surface area contributed by atoms with Crippen molar-refractivity contribution in [2.45, 2.75) is 64.3 Å². The lowest BCUT2D eigenvalue weighted by atomic mass is 9.77. The maximum atomic E-state index is 12.5. The smallest absolute Gasteiger partial charge is 0.227 e. The van der Waals surface area contributed by atoms with E-state index in [2.05, 4.69) is 5.32 Å². The Hall–Kier alpha value is -0.610. The molecule has 106 valence electrons. The number of carbonyl (C=O) groups excluding carboxylic acids is 1. The Kier molecular flexibility index (Phi) is 5.60. The number of amides is 1. The second kappa shape index (κ2) is 6.53. The van der Waals surface area contributed by atoms with Gasteiger partial charge in [-0.3, -0.25) is 4.79 Å². The van der Waals surface area contributed by atoms with Gasteiger partial charge < -0.3 is 16.2 Å². The highest BCUT2D eigenvalue weighted by molar-refractivity contribution is 5.83. The van der Waals surface area contributed by atoms with E-state index in [-0.39, 0.29) is 12.5 Å². The zero-order valence-corrected chi connectivity index (χ0v) is 11.8. The zero-order chi connectivity index (χ0) is 13.6. The molecule has 1 aliphatic rings. The predicted molar refractivity (Wildman–Crippen MR) is 73.1 cm³/mol. The predicted octanol–water partition coefficient (Wildman–Crippen LogP) is 1.56. The fourth-order valence-electron chi connectivity index (χ4n) is 2.88. The molecule has 4 heteroatoms. The van der Waals surface area contributed by atoms with Gasteiger partial charge in [-0.2, -0.15) is 0 Å². The summed E-state index contributed by atoms with van der Waals surface area (Å²) in [6.45, 7) is 4.41. The van der Waals surface area contributed by atoms with E-state index in [0.29, 0.717) is 6.54 Å². The minimum atomic E-state index is -0.473. The first kappa shape index (κ1) is 15.4. The van der Waals surface area contributed by atoms with Crippen LogP contribution in [0.3, 0.4) is 0 Å². The van der Waals surface area contributed by atoms with Crippen molar-refractivity contribution in [2.24, 2.45) is 11.1 Å². The molecule has 0 saturated heterocycles. The van der Waals surface area contributed by atoms with Gasteiger partial charge in [-0.25, -0.2) is 0 Å². The molecule has 0 bridgehead atoms. The van der Waals surface area contributed by atoms with Crippen LogP contribution in [-0.4, -0.2) is 29.7 Å². The molecule has 1 saturated carbocycles. The zero-order valence-electron chi connectivity index (χ0n) is 11.8. The van der Waals surface area contributed by atoms with Gasteiger partial charge in [0.25, 0.3) is 0 Å². The van der Waals surface area contributed by atoms with E-state index in [1.165, 1.54) is 6.42 Å². The van der Waals surface area contributed by atoms with Crippen molar-refractivity contribution >= 4 is 5.91 Å². The molecule has 0 radical (unpaired) electrons. The van der Waals surface area contributed by atoms with Gasteiger partial charge >= 0.3 is 0 Å². The maximum absolute atomic E-state index is 12.5. The van der Waals surface area contributed by atoms with Gasteiger partial charge in [0.2, 0.25) is 5.91 Å². The Morgan fingerprint density at radius 3 is 2.22 bits per heavy atom. The third-order valence-corrected chi connectivity index (χ3v) is 4.72. The summed E-state index contributed by atoms with van der Waals surface area (Å²) in [6, 6.07) is 0. The fraction of sp³-hybridized carbons (Fsp3) is 0.929. The van der Waals surface area contributed by atoms with Gasteiger partial charge in [-0.05, 0) is 25.7 Å². The van der Waals surface area contributed by atoms with Crippen LogP contribution in [0, 0.1) is 5.41 Å². The molecule has 0 spiro atoms. The van der Waals surface area contributed by atoms with Crippen LogP contribution in [0.25, 0.3) is 0 Å². The second-order valence-electron chi connectivity index (χ2n) is 5.64. The van der Waals surface area contributed by atoms with E-state index >= 15 is 0 Å². The summed E-state index contributed by atoms with van der Waals surface area (Å²) in [5.41, 5.74) is 4.92. The third kappa shape index (κ3) is 3.04. The molecule has 4 nitrogen and oxygen atoms in total. The topological polar surface area (TPSA) is 75.4 Å². The fourth-order valence-corrected chi connectivity index (χ4v) is 2.88. The van der Waals surface area contributed by atoms with Gasteiger partial charge in [0.05, 0.1) is 17.6 Å². The minimum absolute atomic E-state index is 0.0194. The monoisotopic (exact) mass is 256 g/mol. The molecule has 0 aromatic heterocycles. The summed E-state index contributed by atoms with van der Waals surface area (Å²) in [5.74, 6) is 0.0194. The molecule has 18 heavy (non-hydrogen) atoms. The molecule has 1 amide bonds. The van der Waals surface area contributed by atoms with E-state index in [0.717, 1.165) is 38.5 Å². The highest BCUT2D eigenvalue weighted by atomic mass is 16.3. The lowest BCUT2D eigenvalue weighted by molar-refractivity contribution is -0.134. The molecule has 1 aliphatic carbocycles. The molecule has 0 aliphatic heterocycles. The normalized spacial score (nSPS) is 19.6. The lowest BCUT2D eigenvalue weighted by Crippen LogP contribution is -2.58. The first-order valence-corrected chi connectivity index (χ1v) is 7.21. The lowest BCUT2D eigenvalue weighted by Gasteiger charge is -2.40. The minimum Gasteiger partial charge on any atom is -0.394 e. The molecule has 0 aromatic rings. The summed E-state index contributed by atoms with van der Waals surface area (Å²) >= 11 is 0. The third-order valence-electron chi connectivity index (χ3n) is 4.72. The maximum Gasteiger partial charge on any atom is 0.227 e. The van der Waals surface area contributed by atoms with Crippen LogP contribution in [0.5, 0.6) is 0 Å². The van der Waals surface area contributed by atoms with Crippen LogP contribution in [-0.2, 0) is 4.79 Å². The van der Waals surface area contributed by atoms with Gasteiger partial charge in [-0.1, -0.05) is 33.1 Å². The van der Waals surface area contributed by atoms with Crippen molar-refractivity contribution in [3.63, 3.8) is 0 Å². The van der Waals surface area contributed by atoms with Crippen LogP contribution >= 0.6 is 0 Å². The highest BCUT2D eigenvalue weighted by Gasteiger charge is 2.40. The van der Waals surface area contributed by atoms with Crippen molar-refractivity contribution in [3.8, 4) is 0 Å². The largest absolute Gasteiger partial charge is 0.394 e. The number of rotatable bonds is 6. The number of carbonyl (C=O) groups is 1. The van der Waals surface area contributed by atoms with Crippen molar-refractivity contribution in [3.05, 3.63) is 0 Å². The Bertz CT molecular complexity index is 261. The van der Waals surface area contributed by atoms with Gasteiger partial charge in [-0.15, -0.1) is 0 Å². The van der Waals surface area contributed by atoms with Crippen LogP contribution in [0.4, 0.5) is 0 Å². The van der Waals surface area contributed by atoms with Crippen molar-refractivity contribution in [1.82, 2.24) is 5.32 Å². The summed E-state index contributed by atoms with van der Waals surface area (Å²) in [4.78, 5) is 12.5. The van der Waals surface area contributed by atoms with E-state index in [9.17, 15) is 9.90 Å². The van der Waals surface area contributed by atoms with Gasteiger partial charge in [0.15, 0.2) is 0 Å². The van der Waals surface area contributed by atoms with E-state index in [1.54, 1.807) is 0 Å². The number of hydrogen-bond acceptors (Lipinski definition) is 3. The number of hydrogen-bond donors (Lipinski definition) is 3. The Morgan fingerprint density at radius 2 is 1.83 bits per heavy atom. The highest BCUT2D eigenvalue weighted by Crippen LogP contribution is 2.31. The molecule has 1 fully saturated rings. The molecule has 4 N–H and O–H groups in total. The van der Waals surface area contributed by atoms with Crippen molar-refractivity contribution in [1.29, 1.82) is 0 Å². The molecule has 0 atom stereocenters. The molecule has 0 unspecified atom stereocenters. The van der Waals surface area contributed by atoms with Gasteiger partial charge in [0.1, 0.15) is 0 Å². The second-order valence-corrected chi connectivity index (χ2v) is 5.64. The average Bonchev–Trinajstić information content (AvgIpc) is 2.42. The van der Waals surface area contributed by atoms with Crippen LogP contribution in [0.2, 0.25) is 0 Å². The number of nitrogens with two attached hydrogens (primary N) is 1. The van der Waals surface area contributed by atoms with Crippen molar-refractivity contribution < 1.29 is 9.90 Å². The molecule has 1 rings (SSSR count). The summed E-state index contributed by atoms with van der Waals surface area (Å²) < 4.78 is 0. The number of aliphatic hydroxyl groups is 1. The molecular formula is C14H28N2O2. The van der Waals surface area contributed by atoms with Gasteiger partial charge in [0, 0.05) is 6.54 Å². The Balaban J connectivity index is 2.77. The van der Waals surface area contributed by atoms with Crippen molar-refractivity contribution in [2.75, 3.05) is 13.2 Å². The van der Waals surface area contributed by atoms with Crippen LogP contribution < -0.4 is 11.1 Å². The van der Waals surface area contributed by atoms with Crippen LogP contribution in [0.1, 0.15) is 58.8 Å². The Labute approximate surface area is 110 Å². The number of aliphatic hydroxyl groups excluding tert-OH is 1. The standard InChI is InChI=1S/C14H28N2O2/c1-3-13(4-2,10-15)12(18)16-14(11-17)8-6-5-7-9-14/h17H,3-11,15H2,1-2H3,(H,16,18). The molecule has 0 heterocycles. The number of nitrogens with one attached hydrogen (secondary N) is 1. The average molecular weight is 256 g/mol. The first-order chi connectivity index (χ1) is 8.58. The van der Waals surface area contributed by atoms with Crippen LogP contribution in [0.15, 0.2) is 0 Å². The molecule has 0 aromatic carbocycles. The van der Waals surface area contributed by atoms with E-state index in [1.807, 2.05) is 13.8 Å².